The summed E-state index contributed by atoms with van der Waals surface area (Å²) in [6.07, 6.45) is 0. The number of likely N-dealkylation sites (N-methyl/N-ethyl adjacent to an activating group) is 1. The molecule has 6 nitrogen and oxygen atoms in total. The molecule has 0 saturated carbocycles. The molecule has 1 aliphatic rings. The highest BCUT2D eigenvalue weighted by atomic mass is 79.9. The fourth-order valence-corrected chi connectivity index (χ4v) is 2.21. The Labute approximate surface area is 114 Å². The van der Waals surface area contributed by atoms with Crippen molar-refractivity contribution < 1.29 is 4.92 Å². The van der Waals surface area contributed by atoms with Crippen LogP contribution in [0.15, 0.2) is 22.7 Å². The van der Waals surface area contributed by atoms with Crippen LogP contribution in [0.2, 0.25) is 0 Å². The van der Waals surface area contributed by atoms with Crippen LogP contribution in [-0.4, -0.2) is 48.1 Å². The van der Waals surface area contributed by atoms with Crippen molar-refractivity contribution in [3.05, 3.63) is 32.8 Å². The van der Waals surface area contributed by atoms with Gasteiger partial charge < -0.3 is 10.3 Å². The molecule has 0 spiro atoms. The van der Waals surface area contributed by atoms with Gasteiger partial charge in [0.05, 0.1) is 4.92 Å². The van der Waals surface area contributed by atoms with Gasteiger partial charge in [-0.2, -0.15) is 0 Å². The highest BCUT2D eigenvalue weighted by Gasteiger charge is 2.18. The molecule has 0 amide bonds. The van der Waals surface area contributed by atoms with Gasteiger partial charge in [-0.05, 0) is 19.2 Å². The standard InChI is InChI=1S/C11H15BrN4O2/c1-14-4-6-15(7-5-14)13-10-8-9(12)2-3-11(10)16(17)18/h2-3,8,13H,4-7H2,1H3. The summed E-state index contributed by atoms with van der Waals surface area (Å²) >= 11 is 3.33. The first-order valence-corrected chi connectivity index (χ1v) is 6.49. The first-order chi connectivity index (χ1) is 8.56. The molecule has 18 heavy (non-hydrogen) atoms. The number of nitrogens with one attached hydrogen (secondary N) is 1. The van der Waals surface area contributed by atoms with Crippen LogP contribution in [0.4, 0.5) is 11.4 Å². The number of halogens is 1. The summed E-state index contributed by atoms with van der Waals surface area (Å²) in [5.41, 5.74) is 3.75. The minimum atomic E-state index is -0.370. The van der Waals surface area contributed by atoms with E-state index in [1.54, 1.807) is 12.1 Å². The number of nitro groups is 1. The molecular formula is C11H15BrN4O2. The Morgan fingerprint density at radius 1 is 1.33 bits per heavy atom. The number of piperazine rings is 1. The predicted molar refractivity (Wildman–Crippen MR) is 73.5 cm³/mol. The van der Waals surface area contributed by atoms with Gasteiger partial charge in [-0.15, -0.1) is 0 Å². The van der Waals surface area contributed by atoms with E-state index in [1.807, 2.05) is 5.01 Å². The van der Waals surface area contributed by atoms with E-state index in [0.717, 1.165) is 30.7 Å². The third-order valence-corrected chi connectivity index (χ3v) is 3.43. The molecule has 7 heteroatoms. The smallest absolute Gasteiger partial charge is 0.293 e. The van der Waals surface area contributed by atoms with Gasteiger partial charge in [0.15, 0.2) is 0 Å². The highest BCUT2D eigenvalue weighted by Crippen LogP contribution is 2.28. The lowest BCUT2D eigenvalue weighted by molar-refractivity contribution is -0.384. The first kappa shape index (κ1) is 13.3. The Kier molecular flexibility index (Phi) is 4.15. The van der Waals surface area contributed by atoms with Crippen LogP contribution in [0.5, 0.6) is 0 Å². The van der Waals surface area contributed by atoms with Crippen molar-refractivity contribution in [1.29, 1.82) is 0 Å². The SMILES string of the molecule is CN1CCN(Nc2cc(Br)ccc2[N+](=O)[O-])CC1. The lowest BCUT2D eigenvalue weighted by Gasteiger charge is -2.32. The van der Waals surface area contributed by atoms with E-state index in [2.05, 4.69) is 33.3 Å². The maximum atomic E-state index is 11.0. The fraction of sp³-hybridized carbons (Fsp3) is 0.455. The van der Waals surface area contributed by atoms with Gasteiger partial charge in [-0.3, -0.25) is 10.1 Å². The molecule has 0 unspecified atom stereocenters. The normalized spacial score (nSPS) is 17.7. The Balaban J connectivity index is 2.12. The molecule has 1 aliphatic heterocycles. The van der Waals surface area contributed by atoms with Crippen molar-refractivity contribution in [3.8, 4) is 0 Å². The summed E-state index contributed by atoms with van der Waals surface area (Å²) in [6, 6.07) is 4.91. The first-order valence-electron chi connectivity index (χ1n) is 5.70. The second-order valence-electron chi connectivity index (χ2n) is 4.32. The molecule has 1 aromatic rings. The zero-order chi connectivity index (χ0) is 13.1. The molecule has 1 aromatic carbocycles. The van der Waals surface area contributed by atoms with Crippen molar-refractivity contribution in [2.45, 2.75) is 0 Å². The lowest BCUT2D eigenvalue weighted by atomic mass is 10.3. The van der Waals surface area contributed by atoms with E-state index in [4.69, 9.17) is 0 Å². The van der Waals surface area contributed by atoms with E-state index >= 15 is 0 Å². The van der Waals surface area contributed by atoms with E-state index in [9.17, 15) is 10.1 Å². The summed E-state index contributed by atoms with van der Waals surface area (Å²) in [6.45, 7) is 3.60. The summed E-state index contributed by atoms with van der Waals surface area (Å²) in [4.78, 5) is 12.8. The van der Waals surface area contributed by atoms with Crippen molar-refractivity contribution >= 4 is 27.3 Å². The molecule has 1 saturated heterocycles. The monoisotopic (exact) mass is 314 g/mol. The Morgan fingerprint density at radius 3 is 2.61 bits per heavy atom. The molecule has 1 fully saturated rings. The van der Waals surface area contributed by atoms with Gasteiger partial charge in [0, 0.05) is 36.7 Å². The average Bonchev–Trinajstić information content (AvgIpc) is 2.32. The second-order valence-corrected chi connectivity index (χ2v) is 5.24. The number of anilines is 1. The third-order valence-electron chi connectivity index (χ3n) is 2.94. The summed E-state index contributed by atoms with van der Waals surface area (Å²) in [5, 5.41) is 13.0. The average molecular weight is 315 g/mol. The van der Waals surface area contributed by atoms with Crippen LogP contribution in [0.3, 0.4) is 0 Å². The number of rotatable bonds is 3. The Bertz CT molecular complexity index is 447. The molecule has 0 bridgehead atoms. The summed E-state index contributed by atoms with van der Waals surface area (Å²) < 4.78 is 0.824. The van der Waals surface area contributed by atoms with Crippen molar-refractivity contribution in [3.63, 3.8) is 0 Å². The van der Waals surface area contributed by atoms with Gasteiger partial charge in [-0.25, -0.2) is 5.01 Å². The molecule has 0 aliphatic carbocycles. The molecule has 2 rings (SSSR count). The van der Waals surface area contributed by atoms with Crippen molar-refractivity contribution in [2.24, 2.45) is 0 Å². The Morgan fingerprint density at radius 2 is 2.00 bits per heavy atom. The topological polar surface area (TPSA) is 61.6 Å². The van der Waals surface area contributed by atoms with Crippen molar-refractivity contribution in [2.75, 3.05) is 38.7 Å². The molecule has 0 aromatic heterocycles. The van der Waals surface area contributed by atoms with Gasteiger partial charge >= 0.3 is 0 Å². The predicted octanol–water partition coefficient (Wildman–Crippen LogP) is 1.93. The number of hydrogen-bond acceptors (Lipinski definition) is 5. The number of hydrogen-bond donors (Lipinski definition) is 1. The van der Waals surface area contributed by atoms with Gasteiger partial charge in [0.2, 0.25) is 0 Å². The summed E-state index contributed by atoms with van der Waals surface area (Å²) in [7, 11) is 2.07. The molecule has 1 N–H and O–H groups in total. The van der Waals surface area contributed by atoms with Gasteiger partial charge in [0.1, 0.15) is 5.69 Å². The Hall–Kier alpha value is -1.18. The van der Waals surface area contributed by atoms with Crippen LogP contribution in [-0.2, 0) is 0 Å². The fourth-order valence-electron chi connectivity index (χ4n) is 1.85. The van der Waals surface area contributed by atoms with Crippen LogP contribution in [0, 0.1) is 10.1 Å². The minimum Gasteiger partial charge on any atom is -0.313 e. The van der Waals surface area contributed by atoms with Gasteiger partial charge in [0.25, 0.3) is 5.69 Å². The number of nitro benzene ring substituents is 1. The minimum absolute atomic E-state index is 0.0946. The van der Waals surface area contributed by atoms with Crippen molar-refractivity contribution in [1.82, 2.24) is 9.91 Å². The van der Waals surface area contributed by atoms with Crippen LogP contribution < -0.4 is 5.43 Å². The van der Waals surface area contributed by atoms with E-state index in [-0.39, 0.29) is 10.6 Å². The zero-order valence-electron chi connectivity index (χ0n) is 10.1. The largest absolute Gasteiger partial charge is 0.313 e. The maximum Gasteiger partial charge on any atom is 0.293 e. The van der Waals surface area contributed by atoms with E-state index < -0.39 is 0 Å². The van der Waals surface area contributed by atoms with Gasteiger partial charge in [-0.1, -0.05) is 15.9 Å². The quantitative estimate of drug-likeness (QED) is 0.682. The molecule has 98 valence electrons. The third kappa shape index (κ3) is 3.18. The number of benzene rings is 1. The van der Waals surface area contributed by atoms with E-state index in [1.165, 1.54) is 6.07 Å². The van der Waals surface area contributed by atoms with E-state index in [0.29, 0.717) is 5.69 Å². The molecular weight excluding hydrogens is 300 g/mol. The van der Waals surface area contributed by atoms with Crippen LogP contribution in [0.25, 0.3) is 0 Å². The number of hydrazine groups is 1. The van der Waals surface area contributed by atoms with Crippen LogP contribution in [0.1, 0.15) is 0 Å². The highest BCUT2D eigenvalue weighted by molar-refractivity contribution is 9.10. The second kappa shape index (κ2) is 5.64. The molecule has 1 heterocycles. The molecule has 0 radical (unpaired) electrons. The number of nitrogens with zero attached hydrogens (tertiary/aromatic N) is 3. The maximum absolute atomic E-state index is 11.0. The molecule has 0 atom stereocenters. The lowest BCUT2D eigenvalue weighted by Crippen LogP contribution is -2.47. The van der Waals surface area contributed by atoms with Crippen LogP contribution >= 0.6 is 15.9 Å². The summed E-state index contributed by atoms with van der Waals surface area (Å²) in [5.74, 6) is 0. The zero-order valence-corrected chi connectivity index (χ0v) is 11.7.